The van der Waals surface area contributed by atoms with Gasteiger partial charge in [-0.05, 0) is 50.4 Å². The van der Waals surface area contributed by atoms with E-state index in [1.165, 1.54) is 12.8 Å². The first-order valence-electron chi connectivity index (χ1n) is 8.84. The zero-order chi connectivity index (χ0) is 16.9. The van der Waals surface area contributed by atoms with Gasteiger partial charge in [0.15, 0.2) is 0 Å². The molecule has 3 rings (SSSR count). The van der Waals surface area contributed by atoms with Gasteiger partial charge >= 0.3 is 0 Å². The maximum Gasteiger partial charge on any atom is 0.241 e. The first kappa shape index (κ1) is 16.7. The molecule has 24 heavy (non-hydrogen) atoms. The number of para-hydroxylation sites is 1. The highest BCUT2D eigenvalue weighted by Crippen LogP contribution is 2.28. The fourth-order valence-electron chi connectivity index (χ4n) is 3.28. The number of anilines is 1. The Bertz CT molecular complexity index is 675. The van der Waals surface area contributed by atoms with E-state index in [0.29, 0.717) is 0 Å². The fourth-order valence-corrected chi connectivity index (χ4v) is 3.28. The van der Waals surface area contributed by atoms with Crippen LogP contribution < -0.4 is 5.32 Å². The van der Waals surface area contributed by atoms with Gasteiger partial charge in [0, 0.05) is 11.3 Å². The first-order chi connectivity index (χ1) is 11.6. The van der Waals surface area contributed by atoms with Crippen molar-refractivity contribution in [2.24, 2.45) is 5.92 Å². The van der Waals surface area contributed by atoms with Gasteiger partial charge in [-0.25, -0.2) is 0 Å². The Morgan fingerprint density at radius 3 is 2.38 bits per heavy atom. The number of nitrogens with zero attached hydrogens (tertiary/aromatic N) is 1. The summed E-state index contributed by atoms with van der Waals surface area (Å²) in [5.41, 5.74) is 3.06. The Hall–Kier alpha value is -2.13. The summed E-state index contributed by atoms with van der Waals surface area (Å²) in [7, 11) is 0. The van der Waals surface area contributed by atoms with Gasteiger partial charge in [-0.2, -0.15) is 0 Å². The van der Waals surface area contributed by atoms with Crippen molar-refractivity contribution < 1.29 is 4.79 Å². The molecule has 1 heterocycles. The molecule has 1 amide bonds. The van der Waals surface area contributed by atoms with Crippen LogP contribution in [0.5, 0.6) is 0 Å². The summed E-state index contributed by atoms with van der Waals surface area (Å²) in [5.74, 6) is 0.850. The molecule has 1 aliphatic rings. The van der Waals surface area contributed by atoms with Crippen LogP contribution in [0, 0.1) is 5.92 Å². The summed E-state index contributed by atoms with van der Waals surface area (Å²) in [6.45, 7) is 6.32. The van der Waals surface area contributed by atoms with E-state index in [-0.39, 0.29) is 11.9 Å². The summed E-state index contributed by atoms with van der Waals surface area (Å²) in [6.07, 6.45) is 2.36. The highest BCUT2D eigenvalue weighted by Gasteiger charge is 2.25. The van der Waals surface area contributed by atoms with Gasteiger partial charge in [-0.15, -0.1) is 0 Å². The van der Waals surface area contributed by atoms with E-state index >= 15 is 0 Å². The molecule has 0 spiro atoms. The molecule has 1 aliphatic heterocycles. The second-order valence-electron chi connectivity index (χ2n) is 6.80. The number of nitrogens with one attached hydrogen (secondary N) is 1. The number of hydrogen-bond acceptors (Lipinski definition) is 2. The van der Waals surface area contributed by atoms with Crippen molar-refractivity contribution in [2.45, 2.75) is 32.7 Å². The van der Waals surface area contributed by atoms with Gasteiger partial charge in [0.2, 0.25) is 5.91 Å². The number of likely N-dealkylation sites (tertiary alicyclic amines) is 1. The Morgan fingerprint density at radius 2 is 1.67 bits per heavy atom. The highest BCUT2D eigenvalue weighted by molar-refractivity contribution is 5.98. The molecule has 0 unspecified atom stereocenters. The first-order valence-corrected chi connectivity index (χ1v) is 8.84. The largest absolute Gasteiger partial charge is 0.324 e. The molecule has 0 aromatic heterocycles. The van der Waals surface area contributed by atoms with E-state index in [0.717, 1.165) is 35.8 Å². The number of hydrogen-bond donors (Lipinski definition) is 1. The molecule has 2 aromatic carbocycles. The number of carbonyl (C=O) groups excluding carboxylic acids is 1. The average Bonchev–Trinajstić information content (AvgIpc) is 2.63. The summed E-state index contributed by atoms with van der Waals surface area (Å²) >= 11 is 0. The normalized spacial score (nSPS) is 17.4. The van der Waals surface area contributed by atoms with Gasteiger partial charge in [0.25, 0.3) is 0 Å². The van der Waals surface area contributed by atoms with Crippen LogP contribution in [0.25, 0.3) is 11.1 Å². The molecular formula is C21H26N2O. The monoisotopic (exact) mass is 322 g/mol. The average molecular weight is 322 g/mol. The zero-order valence-electron chi connectivity index (χ0n) is 14.5. The molecule has 1 fully saturated rings. The summed E-state index contributed by atoms with van der Waals surface area (Å²) in [6, 6.07) is 18.1. The lowest BCUT2D eigenvalue weighted by molar-refractivity contribution is -0.121. The molecule has 1 saturated heterocycles. The third kappa shape index (κ3) is 3.85. The summed E-state index contributed by atoms with van der Waals surface area (Å²) in [4.78, 5) is 15.0. The van der Waals surface area contributed by atoms with Crippen molar-refractivity contribution in [1.29, 1.82) is 0 Å². The van der Waals surface area contributed by atoms with Gasteiger partial charge < -0.3 is 5.32 Å². The fraction of sp³-hybridized carbons (Fsp3) is 0.381. The number of rotatable bonds is 4. The number of amides is 1. The Balaban J connectivity index is 1.73. The molecule has 126 valence electrons. The molecule has 0 radical (unpaired) electrons. The van der Waals surface area contributed by atoms with Crippen LogP contribution in [0.1, 0.15) is 26.7 Å². The third-order valence-corrected chi connectivity index (χ3v) is 5.02. The second kappa shape index (κ2) is 7.63. The van der Waals surface area contributed by atoms with Crippen LogP contribution >= 0.6 is 0 Å². The topological polar surface area (TPSA) is 32.3 Å². The van der Waals surface area contributed by atoms with Crippen molar-refractivity contribution in [3.63, 3.8) is 0 Å². The molecule has 0 bridgehead atoms. The maximum absolute atomic E-state index is 12.7. The molecule has 0 aliphatic carbocycles. The lowest BCUT2D eigenvalue weighted by atomic mass is 9.98. The van der Waals surface area contributed by atoms with Gasteiger partial charge in [-0.3, -0.25) is 9.69 Å². The van der Waals surface area contributed by atoms with Crippen LogP contribution in [0.4, 0.5) is 5.69 Å². The molecule has 1 N–H and O–H groups in total. The van der Waals surface area contributed by atoms with E-state index in [1.807, 2.05) is 43.3 Å². The summed E-state index contributed by atoms with van der Waals surface area (Å²) < 4.78 is 0. The maximum atomic E-state index is 12.7. The van der Waals surface area contributed by atoms with E-state index in [2.05, 4.69) is 35.3 Å². The predicted octanol–water partition coefficient (Wildman–Crippen LogP) is 4.41. The van der Waals surface area contributed by atoms with Gasteiger partial charge in [-0.1, -0.05) is 55.5 Å². The van der Waals surface area contributed by atoms with Gasteiger partial charge in [0.1, 0.15) is 0 Å². The van der Waals surface area contributed by atoms with Crippen LogP contribution in [0.15, 0.2) is 54.6 Å². The molecular weight excluding hydrogens is 296 g/mol. The Labute approximate surface area is 144 Å². The van der Waals surface area contributed by atoms with Crippen LogP contribution in [-0.4, -0.2) is 29.9 Å². The number of piperidine rings is 1. The Morgan fingerprint density at radius 1 is 1.04 bits per heavy atom. The number of carbonyl (C=O) groups is 1. The lowest BCUT2D eigenvalue weighted by Crippen LogP contribution is -2.45. The van der Waals surface area contributed by atoms with E-state index in [9.17, 15) is 4.79 Å². The standard InChI is InChI=1S/C21H26N2O/c1-16-12-14-23(15-13-16)17(2)21(24)22-20-11-7-6-10-19(20)18-8-4-3-5-9-18/h3-11,16-17H,12-15H2,1-2H3,(H,22,24)/t17-/m1/s1. The van der Waals surface area contributed by atoms with Crippen molar-refractivity contribution in [3.05, 3.63) is 54.6 Å². The SMILES string of the molecule is CC1CCN([C@H](C)C(=O)Nc2ccccc2-c2ccccc2)CC1. The molecule has 3 nitrogen and oxygen atoms in total. The third-order valence-electron chi connectivity index (χ3n) is 5.02. The minimum atomic E-state index is -0.0960. The van der Waals surface area contributed by atoms with Gasteiger partial charge in [0.05, 0.1) is 6.04 Å². The predicted molar refractivity (Wildman–Crippen MR) is 99.9 cm³/mol. The molecule has 0 saturated carbocycles. The van der Waals surface area contributed by atoms with Crippen LogP contribution in [-0.2, 0) is 4.79 Å². The van der Waals surface area contributed by atoms with E-state index in [4.69, 9.17) is 0 Å². The highest BCUT2D eigenvalue weighted by atomic mass is 16.2. The van der Waals surface area contributed by atoms with Crippen molar-refractivity contribution in [1.82, 2.24) is 4.90 Å². The van der Waals surface area contributed by atoms with Crippen molar-refractivity contribution in [3.8, 4) is 11.1 Å². The Kier molecular flexibility index (Phi) is 5.31. The quantitative estimate of drug-likeness (QED) is 0.904. The van der Waals surface area contributed by atoms with Crippen molar-refractivity contribution in [2.75, 3.05) is 18.4 Å². The minimum Gasteiger partial charge on any atom is -0.324 e. The molecule has 2 aromatic rings. The molecule has 1 atom stereocenters. The zero-order valence-corrected chi connectivity index (χ0v) is 14.5. The summed E-state index contributed by atoms with van der Waals surface area (Å²) in [5, 5.41) is 3.14. The number of benzene rings is 2. The van der Waals surface area contributed by atoms with Crippen LogP contribution in [0.3, 0.4) is 0 Å². The lowest BCUT2D eigenvalue weighted by Gasteiger charge is -2.34. The van der Waals surface area contributed by atoms with E-state index < -0.39 is 0 Å². The smallest absolute Gasteiger partial charge is 0.241 e. The van der Waals surface area contributed by atoms with Crippen molar-refractivity contribution >= 4 is 11.6 Å². The minimum absolute atomic E-state index is 0.0768. The van der Waals surface area contributed by atoms with E-state index in [1.54, 1.807) is 0 Å². The second-order valence-corrected chi connectivity index (χ2v) is 6.80. The molecule has 3 heteroatoms. The van der Waals surface area contributed by atoms with Crippen LogP contribution in [0.2, 0.25) is 0 Å².